The highest BCUT2D eigenvalue weighted by molar-refractivity contribution is 9.10. The summed E-state index contributed by atoms with van der Waals surface area (Å²) in [5, 5.41) is 14.8. The van der Waals surface area contributed by atoms with Gasteiger partial charge in [0.15, 0.2) is 0 Å². The molecular weight excluding hydrogens is 452 g/mol. The zero-order valence-electron chi connectivity index (χ0n) is 17.0. The van der Waals surface area contributed by atoms with Gasteiger partial charge in [0.25, 0.3) is 0 Å². The van der Waals surface area contributed by atoms with Gasteiger partial charge in [-0.15, -0.1) is 0 Å². The maximum absolute atomic E-state index is 9.10. The predicted octanol–water partition coefficient (Wildman–Crippen LogP) is 3.32. The van der Waals surface area contributed by atoms with E-state index in [0.29, 0.717) is 0 Å². The predicted molar refractivity (Wildman–Crippen MR) is 118 cm³/mol. The Balaban J connectivity index is 0.000000469. The van der Waals surface area contributed by atoms with Crippen LogP contribution in [0.5, 0.6) is 5.75 Å². The third kappa shape index (κ3) is 8.52. The largest absolute Gasteiger partial charge is 0.494 e. The van der Waals surface area contributed by atoms with E-state index in [-0.39, 0.29) is 0 Å². The summed E-state index contributed by atoms with van der Waals surface area (Å²) in [6.07, 6.45) is 0. The van der Waals surface area contributed by atoms with Crippen LogP contribution in [-0.2, 0) is 22.7 Å². The van der Waals surface area contributed by atoms with Crippen molar-refractivity contribution in [3.05, 3.63) is 64.1 Å². The van der Waals surface area contributed by atoms with Gasteiger partial charge in [0.05, 0.1) is 6.61 Å². The molecule has 0 saturated carbocycles. The van der Waals surface area contributed by atoms with Gasteiger partial charge in [-0.05, 0) is 42.3 Å². The summed E-state index contributed by atoms with van der Waals surface area (Å²) in [6, 6.07) is 17.1. The first-order chi connectivity index (χ1) is 14.4. The van der Waals surface area contributed by atoms with Gasteiger partial charge in [0.1, 0.15) is 5.75 Å². The fourth-order valence-electron chi connectivity index (χ4n) is 3.11. The molecule has 0 atom stereocenters. The number of nitrogens with zero attached hydrogens (tertiary/aromatic N) is 2. The third-order valence-corrected chi connectivity index (χ3v) is 5.08. The van der Waals surface area contributed by atoms with Gasteiger partial charge in [0, 0.05) is 43.7 Å². The number of carboxylic acids is 2. The minimum atomic E-state index is -1.82. The number of aliphatic carboxylic acids is 2. The van der Waals surface area contributed by atoms with Crippen LogP contribution in [0.2, 0.25) is 0 Å². The summed E-state index contributed by atoms with van der Waals surface area (Å²) in [6.45, 7) is 9.31. The molecule has 3 rings (SSSR count). The van der Waals surface area contributed by atoms with E-state index < -0.39 is 11.9 Å². The SMILES string of the molecule is CCOc1ccc(CN2CCN(Cc3cccc(Br)c3)CC2)cc1.O=C(O)C(=O)O. The molecule has 0 unspecified atom stereocenters. The molecule has 0 radical (unpaired) electrons. The van der Waals surface area contributed by atoms with Gasteiger partial charge in [-0.2, -0.15) is 0 Å². The van der Waals surface area contributed by atoms with Crippen molar-refractivity contribution in [2.24, 2.45) is 0 Å². The van der Waals surface area contributed by atoms with Gasteiger partial charge < -0.3 is 14.9 Å². The highest BCUT2D eigenvalue weighted by Gasteiger charge is 2.17. The van der Waals surface area contributed by atoms with Gasteiger partial charge >= 0.3 is 11.9 Å². The Morgan fingerprint density at radius 3 is 1.90 bits per heavy atom. The number of ether oxygens (including phenoxy) is 1. The summed E-state index contributed by atoms with van der Waals surface area (Å²) >= 11 is 3.55. The first-order valence-electron chi connectivity index (χ1n) is 9.74. The fourth-order valence-corrected chi connectivity index (χ4v) is 3.56. The Morgan fingerprint density at radius 2 is 1.43 bits per heavy atom. The molecule has 0 bridgehead atoms. The van der Waals surface area contributed by atoms with E-state index in [0.717, 1.165) is 56.1 Å². The molecule has 1 saturated heterocycles. The third-order valence-electron chi connectivity index (χ3n) is 4.58. The number of piperazine rings is 1. The highest BCUT2D eigenvalue weighted by atomic mass is 79.9. The standard InChI is InChI=1S/C20H25BrN2O.C2H2O4/c1-2-24-20-8-6-17(7-9-20)15-22-10-12-23(13-11-22)16-18-4-3-5-19(21)14-18;3-1(4)2(5)6/h3-9,14H,2,10-13,15-16H2,1H3;(H,3,4)(H,5,6). The lowest BCUT2D eigenvalue weighted by atomic mass is 10.1. The van der Waals surface area contributed by atoms with Crippen molar-refractivity contribution in [1.29, 1.82) is 0 Å². The quantitative estimate of drug-likeness (QED) is 0.615. The normalized spacial score (nSPS) is 14.5. The molecule has 8 heteroatoms. The van der Waals surface area contributed by atoms with E-state index in [1.165, 1.54) is 11.1 Å². The van der Waals surface area contributed by atoms with Crippen LogP contribution < -0.4 is 4.74 Å². The average molecular weight is 479 g/mol. The molecule has 30 heavy (non-hydrogen) atoms. The van der Waals surface area contributed by atoms with Crippen molar-refractivity contribution in [2.45, 2.75) is 20.0 Å². The van der Waals surface area contributed by atoms with Crippen LogP contribution in [0.3, 0.4) is 0 Å². The Kier molecular flexibility index (Phi) is 9.79. The van der Waals surface area contributed by atoms with E-state index in [9.17, 15) is 0 Å². The van der Waals surface area contributed by atoms with E-state index >= 15 is 0 Å². The molecule has 0 aromatic heterocycles. The number of hydrogen-bond acceptors (Lipinski definition) is 5. The zero-order chi connectivity index (χ0) is 21.9. The average Bonchev–Trinajstić information content (AvgIpc) is 2.72. The molecule has 2 aromatic carbocycles. The molecule has 1 aliphatic heterocycles. The van der Waals surface area contributed by atoms with Crippen LogP contribution >= 0.6 is 15.9 Å². The molecule has 1 fully saturated rings. The van der Waals surface area contributed by atoms with E-state index in [1.54, 1.807) is 0 Å². The molecular formula is C22H27BrN2O5. The second kappa shape index (κ2) is 12.3. The maximum Gasteiger partial charge on any atom is 0.414 e. The second-order valence-corrected chi connectivity index (χ2v) is 7.79. The van der Waals surface area contributed by atoms with Crippen molar-refractivity contribution in [3.8, 4) is 5.75 Å². The summed E-state index contributed by atoms with van der Waals surface area (Å²) in [4.78, 5) is 23.3. The molecule has 0 aliphatic carbocycles. The van der Waals surface area contributed by atoms with Crippen molar-refractivity contribution < 1.29 is 24.5 Å². The summed E-state index contributed by atoms with van der Waals surface area (Å²) in [5.74, 6) is -2.69. The van der Waals surface area contributed by atoms with Crippen LogP contribution in [-0.4, -0.2) is 64.7 Å². The van der Waals surface area contributed by atoms with Crippen molar-refractivity contribution in [1.82, 2.24) is 9.80 Å². The molecule has 2 N–H and O–H groups in total. The summed E-state index contributed by atoms with van der Waals surface area (Å²) in [5.41, 5.74) is 2.74. The molecule has 0 spiro atoms. The Hall–Kier alpha value is -2.42. The van der Waals surface area contributed by atoms with E-state index in [2.05, 4.69) is 74.3 Å². The van der Waals surface area contributed by atoms with Crippen LogP contribution in [0.4, 0.5) is 0 Å². The van der Waals surface area contributed by atoms with Gasteiger partial charge in [-0.1, -0.05) is 40.2 Å². The molecule has 1 heterocycles. The van der Waals surface area contributed by atoms with E-state index in [4.69, 9.17) is 24.5 Å². The molecule has 2 aromatic rings. The van der Waals surface area contributed by atoms with Crippen LogP contribution in [0.1, 0.15) is 18.1 Å². The number of halogens is 1. The Morgan fingerprint density at radius 1 is 0.900 bits per heavy atom. The Labute approximate surface area is 185 Å². The van der Waals surface area contributed by atoms with Crippen LogP contribution in [0.15, 0.2) is 53.0 Å². The molecule has 1 aliphatic rings. The number of carboxylic acid groups (broad SMARTS) is 2. The second-order valence-electron chi connectivity index (χ2n) is 6.87. The van der Waals surface area contributed by atoms with Gasteiger partial charge in [0.2, 0.25) is 0 Å². The minimum Gasteiger partial charge on any atom is -0.494 e. The zero-order valence-corrected chi connectivity index (χ0v) is 18.5. The van der Waals surface area contributed by atoms with Gasteiger partial charge in [-0.25, -0.2) is 9.59 Å². The monoisotopic (exact) mass is 478 g/mol. The van der Waals surface area contributed by atoms with Crippen molar-refractivity contribution in [3.63, 3.8) is 0 Å². The molecule has 0 amide bonds. The van der Waals surface area contributed by atoms with Crippen LogP contribution in [0, 0.1) is 0 Å². The van der Waals surface area contributed by atoms with Gasteiger partial charge in [-0.3, -0.25) is 9.80 Å². The number of rotatable bonds is 6. The van der Waals surface area contributed by atoms with Crippen molar-refractivity contribution >= 4 is 27.9 Å². The molecule has 162 valence electrons. The topological polar surface area (TPSA) is 90.3 Å². The first-order valence-corrected chi connectivity index (χ1v) is 10.5. The maximum atomic E-state index is 9.10. The fraction of sp³-hybridized carbons (Fsp3) is 0.364. The number of benzene rings is 2. The first kappa shape index (κ1) is 23.9. The Bertz CT molecular complexity index is 809. The van der Waals surface area contributed by atoms with Crippen molar-refractivity contribution in [2.75, 3.05) is 32.8 Å². The lowest BCUT2D eigenvalue weighted by Gasteiger charge is -2.34. The lowest BCUT2D eigenvalue weighted by molar-refractivity contribution is -0.159. The van der Waals surface area contributed by atoms with Crippen LogP contribution in [0.25, 0.3) is 0 Å². The van der Waals surface area contributed by atoms with E-state index in [1.807, 2.05) is 6.92 Å². The molecule has 7 nitrogen and oxygen atoms in total. The summed E-state index contributed by atoms with van der Waals surface area (Å²) in [7, 11) is 0. The minimum absolute atomic E-state index is 0.722. The smallest absolute Gasteiger partial charge is 0.414 e. The number of hydrogen-bond donors (Lipinski definition) is 2. The lowest BCUT2D eigenvalue weighted by Crippen LogP contribution is -2.45. The number of carbonyl (C=O) groups is 2. The summed E-state index contributed by atoms with van der Waals surface area (Å²) < 4.78 is 6.67. The highest BCUT2D eigenvalue weighted by Crippen LogP contribution is 2.17.